The van der Waals surface area contributed by atoms with Gasteiger partial charge in [0.25, 0.3) is 0 Å². The zero-order valence-corrected chi connectivity index (χ0v) is 18.3. The normalized spacial score (nSPS) is 20.2. The molecule has 2 aromatic carbocycles. The van der Waals surface area contributed by atoms with Gasteiger partial charge in [0.2, 0.25) is 0 Å². The first-order chi connectivity index (χ1) is 14.1. The van der Waals surface area contributed by atoms with E-state index in [4.69, 9.17) is 4.74 Å². The second-order valence-electron chi connectivity index (χ2n) is 8.88. The Morgan fingerprint density at radius 2 is 1.62 bits per heavy atom. The first-order valence-electron chi connectivity index (χ1n) is 11.5. The van der Waals surface area contributed by atoms with Crippen molar-refractivity contribution in [3.05, 3.63) is 65.2 Å². The minimum atomic E-state index is -0.284. The Morgan fingerprint density at radius 3 is 2.21 bits per heavy atom. The lowest BCUT2D eigenvalue weighted by molar-refractivity contribution is 0.0734. The summed E-state index contributed by atoms with van der Waals surface area (Å²) >= 11 is 0. The summed E-state index contributed by atoms with van der Waals surface area (Å²) in [6.07, 6.45) is 10.2. The van der Waals surface area contributed by atoms with Crippen molar-refractivity contribution in [2.45, 2.75) is 78.1 Å². The van der Waals surface area contributed by atoms with Crippen LogP contribution in [0.15, 0.2) is 48.5 Å². The van der Waals surface area contributed by atoms with E-state index in [0.717, 1.165) is 12.3 Å². The largest absolute Gasteiger partial charge is 0.423 e. The Bertz CT molecular complexity index is 752. The lowest BCUT2D eigenvalue weighted by Gasteiger charge is -2.28. The standard InChI is InChI=1S/C27H36O2/c1-4-6-21-7-11-23(12-8-21)24-15-17-26(18-16-24)29-27(28)25-13-9-22(10-14-25)19-20(3)5-2/h9-10,13-18,20-21,23H,4-8,11-12,19H2,1-3H3/t20-,21-,23-/m0/s1. The maximum absolute atomic E-state index is 12.5. The summed E-state index contributed by atoms with van der Waals surface area (Å²) in [6.45, 7) is 6.75. The monoisotopic (exact) mass is 392 g/mol. The number of carbonyl (C=O) groups excluding carboxylic acids is 1. The average Bonchev–Trinajstić information content (AvgIpc) is 2.75. The van der Waals surface area contributed by atoms with E-state index in [1.807, 2.05) is 36.4 Å². The maximum Gasteiger partial charge on any atom is 0.343 e. The predicted octanol–water partition coefficient (Wildman–Crippen LogP) is 7.57. The summed E-state index contributed by atoms with van der Waals surface area (Å²) in [5.74, 6) is 2.59. The molecule has 1 atom stereocenters. The first-order valence-corrected chi connectivity index (χ1v) is 11.5. The third kappa shape index (κ3) is 6.19. The van der Waals surface area contributed by atoms with Crippen LogP contribution in [0.5, 0.6) is 5.75 Å². The molecule has 0 aromatic heterocycles. The van der Waals surface area contributed by atoms with Gasteiger partial charge in [-0.15, -0.1) is 0 Å². The number of rotatable bonds is 8. The van der Waals surface area contributed by atoms with Gasteiger partial charge in [0.05, 0.1) is 5.56 Å². The summed E-state index contributed by atoms with van der Waals surface area (Å²) in [4.78, 5) is 12.5. The Hall–Kier alpha value is -2.09. The Morgan fingerprint density at radius 1 is 0.966 bits per heavy atom. The van der Waals surface area contributed by atoms with Crippen LogP contribution in [0.4, 0.5) is 0 Å². The number of hydrogen-bond acceptors (Lipinski definition) is 2. The molecule has 0 spiro atoms. The van der Waals surface area contributed by atoms with Crippen LogP contribution in [-0.2, 0) is 6.42 Å². The summed E-state index contributed by atoms with van der Waals surface area (Å²) in [5, 5.41) is 0. The minimum Gasteiger partial charge on any atom is -0.423 e. The van der Waals surface area contributed by atoms with Crippen molar-refractivity contribution in [3.63, 3.8) is 0 Å². The molecule has 0 amide bonds. The fraction of sp³-hybridized carbons (Fsp3) is 0.519. The van der Waals surface area contributed by atoms with Gasteiger partial charge >= 0.3 is 5.97 Å². The molecular formula is C27H36O2. The van der Waals surface area contributed by atoms with Crippen LogP contribution in [0, 0.1) is 11.8 Å². The molecule has 0 radical (unpaired) electrons. The zero-order chi connectivity index (χ0) is 20.6. The van der Waals surface area contributed by atoms with Crippen LogP contribution < -0.4 is 4.74 Å². The molecule has 0 saturated heterocycles. The molecule has 1 aliphatic rings. The highest BCUT2D eigenvalue weighted by molar-refractivity contribution is 5.91. The second kappa shape index (κ2) is 10.6. The lowest BCUT2D eigenvalue weighted by atomic mass is 9.77. The third-order valence-corrected chi connectivity index (χ3v) is 6.58. The SMILES string of the molecule is CCC[C@H]1CC[C@H](c2ccc(OC(=O)c3ccc(C[C@@H](C)CC)cc3)cc2)CC1. The van der Waals surface area contributed by atoms with Crippen LogP contribution in [0.1, 0.15) is 93.1 Å². The molecule has 2 nitrogen and oxygen atoms in total. The molecule has 2 heteroatoms. The predicted molar refractivity (Wildman–Crippen MR) is 121 cm³/mol. The average molecular weight is 393 g/mol. The van der Waals surface area contributed by atoms with Gasteiger partial charge < -0.3 is 4.74 Å². The van der Waals surface area contributed by atoms with Crippen molar-refractivity contribution in [2.24, 2.45) is 11.8 Å². The quantitative estimate of drug-likeness (QED) is 0.342. The van der Waals surface area contributed by atoms with Gasteiger partial charge in [-0.2, -0.15) is 0 Å². The molecule has 0 bridgehead atoms. The van der Waals surface area contributed by atoms with Crippen molar-refractivity contribution >= 4 is 5.97 Å². The van der Waals surface area contributed by atoms with Gasteiger partial charge in [0.1, 0.15) is 5.75 Å². The molecule has 0 unspecified atom stereocenters. The first kappa shape index (κ1) is 21.6. The summed E-state index contributed by atoms with van der Waals surface area (Å²) in [6, 6.07) is 16.0. The van der Waals surface area contributed by atoms with Crippen LogP contribution in [0.3, 0.4) is 0 Å². The minimum absolute atomic E-state index is 0.284. The van der Waals surface area contributed by atoms with E-state index >= 15 is 0 Å². The summed E-state index contributed by atoms with van der Waals surface area (Å²) in [7, 11) is 0. The zero-order valence-electron chi connectivity index (χ0n) is 18.3. The van der Waals surface area contributed by atoms with Gasteiger partial charge in [0, 0.05) is 0 Å². The Kier molecular flexibility index (Phi) is 7.91. The van der Waals surface area contributed by atoms with E-state index in [1.54, 1.807) is 0 Å². The van der Waals surface area contributed by atoms with Crippen LogP contribution in [0.25, 0.3) is 0 Å². The maximum atomic E-state index is 12.5. The van der Waals surface area contributed by atoms with Gasteiger partial charge in [0.15, 0.2) is 0 Å². The fourth-order valence-corrected chi connectivity index (χ4v) is 4.49. The fourth-order valence-electron chi connectivity index (χ4n) is 4.49. The van der Waals surface area contributed by atoms with Gasteiger partial charge in [-0.1, -0.05) is 64.3 Å². The molecule has 156 valence electrons. The smallest absolute Gasteiger partial charge is 0.343 e. The van der Waals surface area contributed by atoms with E-state index in [0.29, 0.717) is 23.1 Å². The van der Waals surface area contributed by atoms with E-state index in [-0.39, 0.29) is 5.97 Å². The molecule has 0 N–H and O–H groups in total. The van der Waals surface area contributed by atoms with Gasteiger partial charge in [-0.3, -0.25) is 0 Å². The van der Waals surface area contributed by atoms with E-state index in [9.17, 15) is 4.79 Å². The highest BCUT2D eigenvalue weighted by atomic mass is 16.5. The van der Waals surface area contributed by atoms with Crippen molar-refractivity contribution in [1.29, 1.82) is 0 Å². The molecule has 3 rings (SSSR count). The van der Waals surface area contributed by atoms with Crippen molar-refractivity contribution < 1.29 is 9.53 Å². The molecule has 1 saturated carbocycles. The summed E-state index contributed by atoms with van der Waals surface area (Å²) in [5.41, 5.74) is 3.26. The molecule has 29 heavy (non-hydrogen) atoms. The molecule has 2 aromatic rings. The molecule has 1 fully saturated rings. The number of esters is 1. The Balaban J connectivity index is 1.53. The van der Waals surface area contributed by atoms with E-state index in [2.05, 4.69) is 32.9 Å². The molecule has 0 aliphatic heterocycles. The highest BCUT2D eigenvalue weighted by Gasteiger charge is 2.21. The number of ether oxygens (including phenoxy) is 1. The number of carbonyl (C=O) groups is 1. The topological polar surface area (TPSA) is 26.3 Å². The summed E-state index contributed by atoms with van der Waals surface area (Å²) < 4.78 is 5.59. The number of benzene rings is 2. The second-order valence-corrected chi connectivity index (χ2v) is 8.88. The van der Waals surface area contributed by atoms with Crippen LogP contribution in [0.2, 0.25) is 0 Å². The molecule has 1 aliphatic carbocycles. The van der Waals surface area contributed by atoms with Crippen LogP contribution in [-0.4, -0.2) is 5.97 Å². The van der Waals surface area contributed by atoms with Crippen molar-refractivity contribution in [1.82, 2.24) is 0 Å². The van der Waals surface area contributed by atoms with Crippen molar-refractivity contribution in [3.8, 4) is 5.75 Å². The Labute approximate surface area is 176 Å². The third-order valence-electron chi connectivity index (χ3n) is 6.58. The highest BCUT2D eigenvalue weighted by Crippen LogP contribution is 2.37. The van der Waals surface area contributed by atoms with Gasteiger partial charge in [-0.05, 0) is 85.3 Å². The van der Waals surface area contributed by atoms with Gasteiger partial charge in [-0.25, -0.2) is 4.79 Å². The number of hydrogen-bond donors (Lipinski definition) is 0. The molecular weight excluding hydrogens is 356 g/mol. The van der Waals surface area contributed by atoms with Crippen LogP contribution >= 0.6 is 0 Å². The van der Waals surface area contributed by atoms with E-state index in [1.165, 1.54) is 56.1 Å². The van der Waals surface area contributed by atoms with Crippen molar-refractivity contribution in [2.75, 3.05) is 0 Å². The van der Waals surface area contributed by atoms with E-state index < -0.39 is 0 Å². The molecule has 0 heterocycles. The lowest BCUT2D eigenvalue weighted by Crippen LogP contribution is -2.13.